The highest BCUT2D eigenvalue weighted by Gasteiger charge is 2.31. The number of allylic oxidation sites excluding steroid dienone is 1. The zero-order valence-electron chi connectivity index (χ0n) is 20.3. The molecule has 0 radical (unpaired) electrons. The summed E-state index contributed by atoms with van der Waals surface area (Å²) in [7, 11) is -3.61. The first-order valence-electron chi connectivity index (χ1n) is 11.8. The lowest BCUT2D eigenvalue weighted by Gasteiger charge is -2.34. The molecule has 2 aromatic carbocycles. The number of benzene rings is 2. The summed E-state index contributed by atoms with van der Waals surface area (Å²) in [5, 5.41) is 0. The topological polar surface area (TPSA) is 81.0 Å². The van der Waals surface area contributed by atoms with Crippen LogP contribution in [0.3, 0.4) is 0 Å². The summed E-state index contributed by atoms with van der Waals surface area (Å²) >= 11 is 1.40. The Kier molecular flexibility index (Phi) is 7.59. The van der Waals surface area contributed by atoms with Crippen LogP contribution in [-0.4, -0.2) is 42.9 Å². The number of thiazole rings is 1. The predicted octanol–water partition coefficient (Wildman–Crippen LogP) is 4.70. The summed E-state index contributed by atoms with van der Waals surface area (Å²) in [5.74, 6) is 0.935. The fourth-order valence-electron chi connectivity index (χ4n) is 4.63. The molecule has 0 bridgehead atoms. The number of carbonyl (C=O) groups is 1. The Morgan fingerprint density at radius 3 is 2.49 bits per heavy atom. The van der Waals surface area contributed by atoms with Crippen molar-refractivity contribution in [1.82, 2.24) is 8.87 Å². The van der Waals surface area contributed by atoms with Crippen LogP contribution < -0.4 is 9.54 Å². The van der Waals surface area contributed by atoms with Gasteiger partial charge in [-0.3, -0.25) is 4.79 Å². The van der Waals surface area contributed by atoms with Gasteiger partial charge < -0.3 is 9.30 Å². The molecular formula is C26H31N3O4S2. The fraction of sp³-hybridized carbons (Fsp3) is 0.385. The Hall–Kier alpha value is -2.75. The van der Waals surface area contributed by atoms with Crippen LogP contribution in [0.5, 0.6) is 5.75 Å². The molecule has 0 saturated carbocycles. The third-order valence-electron chi connectivity index (χ3n) is 6.05. The molecule has 4 rings (SSSR count). The predicted molar refractivity (Wildman–Crippen MR) is 139 cm³/mol. The Labute approximate surface area is 210 Å². The van der Waals surface area contributed by atoms with Crippen molar-refractivity contribution in [3.05, 3.63) is 65.5 Å². The summed E-state index contributed by atoms with van der Waals surface area (Å²) in [6.45, 7) is 11.9. The maximum atomic E-state index is 13.1. The van der Waals surface area contributed by atoms with Crippen molar-refractivity contribution in [2.24, 2.45) is 16.8 Å². The second-order valence-corrected chi connectivity index (χ2v) is 12.0. The van der Waals surface area contributed by atoms with Gasteiger partial charge in [-0.1, -0.05) is 37.3 Å². The Bertz CT molecular complexity index is 1390. The van der Waals surface area contributed by atoms with Gasteiger partial charge in [-0.25, -0.2) is 8.42 Å². The van der Waals surface area contributed by atoms with Crippen LogP contribution in [0.1, 0.15) is 37.6 Å². The highest BCUT2D eigenvalue weighted by atomic mass is 32.2. The van der Waals surface area contributed by atoms with Crippen molar-refractivity contribution in [2.45, 2.75) is 38.6 Å². The minimum Gasteiger partial charge on any atom is -0.492 e. The molecule has 3 aromatic rings. The van der Waals surface area contributed by atoms with Gasteiger partial charge in [0.1, 0.15) is 11.3 Å². The summed E-state index contributed by atoms with van der Waals surface area (Å²) in [4.78, 5) is 18.1. The molecule has 1 fully saturated rings. The molecule has 2 unspecified atom stereocenters. The molecule has 35 heavy (non-hydrogen) atoms. The third kappa shape index (κ3) is 5.27. The Morgan fingerprint density at radius 1 is 1.17 bits per heavy atom. The van der Waals surface area contributed by atoms with Crippen LogP contribution in [0.25, 0.3) is 10.2 Å². The molecule has 2 atom stereocenters. The van der Waals surface area contributed by atoms with Crippen LogP contribution in [0.2, 0.25) is 0 Å². The lowest BCUT2D eigenvalue weighted by atomic mass is 9.94. The molecule has 0 N–H and O–H groups in total. The summed E-state index contributed by atoms with van der Waals surface area (Å²) in [5.41, 5.74) is 1.20. The number of carbonyl (C=O) groups excluding carboxylic acids is 1. The first-order valence-corrected chi connectivity index (χ1v) is 14.1. The smallest absolute Gasteiger partial charge is 0.279 e. The van der Waals surface area contributed by atoms with E-state index in [1.54, 1.807) is 10.4 Å². The van der Waals surface area contributed by atoms with E-state index in [1.807, 2.05) is 29.7 Å². The van der Waals surface area contributed by atoms with E-state index in [9.17, 15) is 13.2 Å². The van der Waals surface area contributed by atoms with E-state index in [-0.39, 0.29) is 4.90 Å². The number of fused-ring (bicyclic) bond motifs is 1. The number of nitrogens with zero attached hydrogens (tertiary/aromatic N) is 3. The quantitative estimate of drug-likeness (QED) is 0.429. The molecular weight excluding hydrogens is 482 g/mol. The molecule has 0 spiro atoms. The second-order valence-electron chi connectivity index (χ2n) is 9.03. The number of hydrogen-bond acceptors (Lipinski definition) is 5. The molecule has 1 amide bonds. The van der Waals surface area contributed by atoms with Gasteiger partial charge in [-0.15, -0.1) is 6.58 Å². The number of hydrogen-bond donors (Lipinski definition) is 0. The van der Waals surface area contributed by atoms with Crippen molar-refractivity contribution < 1.29 is 17.9 Å². The highest BCUT2D eigenvalue weighted by molar-refractivity contribution is 7.89. The molecule has 1 saturated heterocycles. The van der Waals surface area contributed by atoms with E-state index in [4.69, 9.17) is 4.74 Å². The van der Waals surface area contributed by atoms with Crippen LogP contribution in [0.4, 0.5) is 0 Å². The van der Waals surface area contributed by atoms with Crippen molar-refractivity contribution in [3.8, 4) is 5.75 Å². The number of aromatic nitrogens is 1. The van der Waals surface area contributed by atoms with Crippen LogP contribution >= 0.6 is 11.3 Å². The SMILES string of the molecule is C=CCn1c(=NC(=O)c2ccc(S(=O)(=O)N3CC(C)CC(C)C3)cc2)sc2cccc(OCC)c21. The van der Waals surface area contributed by atoms with Gasteiger partial charge in [-0.05, 0) is 61.6 Å². The normalized spacial score (nSPS) is 19.7. The molecule has 1 aliphatic heterocycles. The fourth-order valence-corrected chi connectivity index (χ4v) is 7.36. The van der Waals surface area contributed by atoms with E-state index in [2.05, 4.69) is 25.4 Å². The van der Waals surface area contributed by atoms with Crippen LogP contribution in [0, 0.1) is 11.8 Å². The lowest BCUT2D eigenvalue weighted by molar-refractivity contribution is 0.0997. The van der Waals surface area contributed by atoms with Crippen LogP contribution in [0.15, 0.2) is 65.0 Å². The molecule has 1 aromatic heterocycles. The monoisotopic (exact) mass is 513 g/mol. The number of para-hydroxylation sites is 1. The number of ether oxygens (including phenoxy) is 1. The van der Waals surface area contributed by atoms with Gasteiger partial charge in [0.25, 0.3) is 5.91 Å². The molecule has 0 aliphatic carbocycles. The van der Waals surface area contributed by atoms with Gasteiger partial charge in [0.05, 0.1) is 16.2 Å². The Balaban J connectivity index is 1.66. The van der Waals surface area contributed by atoms with E-state index >= 15 is 0 Å². The highest BCUT2D eigenvalue weighted by Crippen LogP contribution is 2.28. The molecule has 1 aliphatic rings. The molecule has 186 valence electrons. The minimum absolute atomic E-state index is 0.195. The second kappa shape index (κ2) is 10.5. The lowest BCUT2D eigenvalue weighted by Crippen LogP contribution is -2.42. The Morgan fingerprint density at radius 2 is 1.86 bits per heavy atom. The zero-order chi connectivity index (χ0) is 25.2. The third-order valence-corrected chi connectivity index (χ3v) is 8.94. The minimum atomic E-state index is -3.61. The maximum absolute atomic E-state index is 13.1. The molecule has 2 heterocycles. The van der Waals surface area contributed by atoms with Gasteiger partial charge in [0.15, 0.2) is 4.80 Å². The largest absolute Gasteiger partial charge is 0.492 e. The van der Waals surface area contributed by atoms with Gasteiger partial charge in [-0.2, -0.15) is 9.30 Å². The average Bonchev–Trinajstić information content (AvgIpc) is 3.17. The van der Waals surface area contributed by atoms with E-state index in [0.29, 0.717) is 48.4 Å². The van der Waals surface area contributed by atoms with E-state index in [0.717, 1.165) is 22.4 Å². The summed E-state index contributed by atoms with van der Waals surface area (Å²) in [6, 6.07) is 11.8. The molecule has 7 nitrogen and oxygen atoms in total. The first kappa shape index (κ1) is 25.3. The number of amides is 1. The number of piperidine rings is 1. The van der Waals surface area contributed by atoms with Crippen molar-refractivity contribution >= 4 is 37.5 Å². The zero-order valence-corrected chi connectivity index (χ0v) is 21.9. The van der Waals surface area contributed by atoms with Gasteiger partial charge >= 0.3 is 0 Å². The van der Waals surface area contributed by atoms with E-state index < -0.39 is 15.9 Å². The number of sulfonamides is 1. The first-order chi connectivity index (χ1) is 16.7. The van der Waals surface area contributed by atoms with Crippen molar-refractivity contribution in [3.63, 3.8) is 0 Å². The van der Waals surface area contributed by atoms with Gasteiger partial charge in [0, 0.05) is 25.2 Å². The number of rotatable bonds is 7. The standard InChI is InChI=1S/C26H31N3O4S2/c1-5-14-29-24-22(33-6-2)8-7-9-23(24)34-26(29)27-25(30)20-10-12-21(13-11-20)35(31,32)28-16-18(3)15-19(4)17-28/h5,7-13,18-19H,1,6,14-17H2,2-4H3. The average molecular weight is 514 g/mol. The van der Waals surface area contributed by atoms with Crippen LogP contribution in [-0.2, 0) is 16.6 Å². The summed E-state index contributed by atoms with van der Waals surface area (Å²) < 4.78 is 36.5. The van der Waals surface area contributed by atoms with Crippen molar-refractivity contribution in [2.75, 3.05) is 19.7 Å². The summed E-state index contributed by atoms with van der Waals surface area (Å²) in [6.07, 6.45) is 2.77. The van der Waals surface area contributed by atoms with Crippen molar-refractivity contribution in [1.29, 1.82) is 0 Å². The van der Waals surface area contributed by atoms with Gasteiger partial charge in [0.2, 0.25) is 10.0 Å². The molecule has 9 heteroatoms. The van der Waals surface area contributed by atoms with E-state index in [1.165, 1.54) is 35.6 Å². The maximum Gasteiger partial charge on any atom is 0.279 e.